The predicted molar refractivity (Wildman–Crippen MR) is 123 cm³/mol. The molecule has 0 aliphatic heterocycles. The van der Waals surface area contributed by atoms with E-state index in [9.17, 15) is 4.79 Å². The number of amides is 1. The minimum atomic E-state index is -0.170. The van der Waals surface area contributed by atoms with Crippen molar-refractivity contribution in [1.82, 2.24) is 14.3 Å². The number of aryl methyl sites for hydroxylation is 1. The zero-order valence-electron chi connectivity index (χ0n) is 17.4. The number of rotatable bonds is 5. The Kier molecular flexibility index (Phi) is 4.67. The average Bonchev–Trinajstić information content (AvgIpc) is 3.32. The molecule has 0 bridgehead atoms. The fraction of sp³-hybridized carbons (Fsp3) is 0.120. The van der Waals surface area contributed by atoms with Gasteiger partial charge in [0.25, 0.3) is 5.91 Å². The number of ether oxygens (including phenoxy) is 1. The second-order valence-electron chi connectivity index (χ2n) is 7.50. The van der Waals surface area contributed by atoms with E-state index in [0.717, 1.165) is 33.1 Å². The Bertz CT molecular complexity index is 1400. The molecule has 0 radical (unpaired) electrons. The molecule has 31 heavy (non-hydrogen) atoms. The van der Waals surface area contributed by atoms with Gasteiger partial charge in [0.15, 0.2) is 5.82 Å². The number of anilines is 1. The van der Waals surface area contributed by atoms with Crippen LogP contribution in [0.15, 0.2) is 79.0 Å². The molecule has 3 aromatic carbocycles. The Morgan fingerprint density at radius 3 is 2.35 bits per heavy atom. The molecule has 0 unspecified atom stereocenters. The second kappa shape index (κ2) is 7.65. The summed E-state index contributed by atoms with van der Waals surface area (Å²) in [5.74, 6) is 1.20. The van der Waals surface area contributed by atoms with E-state index < -0.39 is 0 Å². The SMILES string of the molecule is COc1ccc(Cn2nc(NC(=O)c3cn(C)c4ccccc34)c3ccccc32)cc1. The van der Waals surface area contributed by atoms with E-state index in [4.69, 9.17) is 9.84 Å². The summed E-state index contributed by atoms with van der Waals surface area (Å²) >= 11 is 0. The molecule has 5 rings (SSSR count). The van der Waals surface area contributed by atoms with E-state index in [1.807, 2.05) is 95.3 Å². The first kappa shape index (κ1) is 18.9. The van der Waals surface area contributed by atoms with Gasteiger partial charge in [-0.05, 0) is 35.9 Å². The first-order chi connectivity index (χ1) is 15.1. The first-order valence-corrected chi connectivity index (χ1v) is 10.1. The van der Waals surface area contributed by atoms with Gasteiger partial charge < -0.3 is 14.6 Å². The zero-order chi connectivity index (χ0) is 21.4. The van der Waals surface area contributed by atoms with Crippen LogP contribution in [0, 0.1) is 0 Å². The summed E-state index contributed by atoms with van der Waals surface area (Å²) < 4.78 is 9.12. The number of carbonyl (C=O) groups excluding carboxylic acids is 1. The van der Waals surface area contributed by atoms with Crippen LogP contribution in [-0.2, 0) is 13.6 Å². The van der Waals surface area contributed by atoms with Crippen molar-refractivity contribution in [3.05, 3.63) is 90.1 Å². The first-order valence-electron chi connectivity index (χ1n) is 10.1. The molecule has 0 spiro atoms. The number of fused-ring (bicyclic) bond motifs is 2. The Labute approximate surface area is 179 Å². The molecule has 0 saturated carbocycles. The Morgan fingerprint density at radius 2 is 1.61 bits per heavy atom. The molecule has 5 aromatic rings. The Hall–Kier alpha value is -4.06. The molecule has 2 heterocycles. The average molecular weight is 410 g/mol. The molecular weight excluding hydrogens is 388 g/mol. The summed E-state index contributed by atoms with van der Waals surface area (Å²) in [6.07, 6.45) is 1.86. The Balaban J connectivity index is 1.49. The summed E-state index contributed by atoms with van der Waals surface area (Å²) in [5, 5.41) is 9.58. The van der Waals surface area contributed by atoms with E-state index in [1.54, 1.807) is 7.11 Å². The van der Waals surface area contributed by atoms with Gasteiger partial charge in [0.2, 0.25) is 0 Å². The largest absolute Gasteiger partial charge is 0.497 e. The lowest BCUT2D eigenvalue weighted by atomic mass is 10.1. The van der Waals surface area contributed by atoms with Crippen molar-refractivity contribution in [3.8, 4) is 5.75 Å². The standard InChI is InChI=1S/C25H22N4O2/c1-28-16-21(19-7-3-5-9-22(19)28)25(30)26-24-20-8-4-6-10-23(20)29(27-24)15-17-11-13-18(31-2)14-12-17/h3-14,16H,15H2,1-2H3,(H,26,27,30). The normalized spacial score (nSPS) is 11.2. The molecule has 6 heteroatoms. The van der Waals surface area contributed by atoms with Gasteiger partial charge in [-0.15, -0.1) is 0 Å². The van der Waals surface area contributed by atoms with E-state index in [2.05, 4.69) is 5.32 Å². The number of hydrogen-bond acceptors (Lipinski definition) is 3. The number of para-hydroxylation sites is 2. The molecule has 154 valence electrons. The highest BCUT2D eigenvalue weighted by atomic mass is 16.5. The van der Waals surface area contributed by atoms with E-state index >= 15 is 0 Å². The van der Waals surface area contributed by atoms with Crippen LogP contribution in [0.4, 0.5) is 5.82 Å². The predicted octanol–water partition coefficient (Wildman–Crippen LogP) is 4.84. The number of methoxy groups -OCH3 is 1. The molecule has 0 fully saturated rings. The maximum Gasteiger partial charge on any atom is 0.259 e. The maximum atomic E-state index is 13.1. The van der Waals surface area contributed by atoms with Crippen LogP contribution in [0.25, 0.3) is 21.8 Å². The van der Waals surface area contributed by atoms with Crippen molar-refractivity contribution in [3.63, 3.8) is 0 Å². The third kappa shape index (κ3) is 3.42. The van der Waals surface area contributed by atoms with Crippen LogP contribution >= 0.6 is 0 Å². The van der Waals surface area contributed by atoms with Gasteiger partial charge in [-0.25, -0.2) is 0 Å². The quantitative estimate of drug-likeness (QED) is 0.451. The van der Waals surface area contributed by atoms with Crippen molar-refractivity contribution in [1.29, 1.82) is 0 Å². The molecule has 6 nitrogen and oxygen atoms in total. The van der Waals surface area contributed by atoms with Crippen molar-refractivity contribution in [2.45, 2.75) is 6.54 Å². The summed E-state index contributed by atoms with van der Waals surface area (Å²) in [5.41, 5.74) is 3.71. The molecular formula is C25H22N4O2. The minimum absolute atomic E-state index is 0.170. The smallest absolute Gasteiger partial charge is 0.259 e. The summed E-state index contributed by atoms with van der Waals surface area (Å²) in [7, 11) is 3.60. The van der Waals surface area contributed by atoms with Crippen LogP contribution in [0.1, 0.15) is 15.9 Å². The van der Waals surface area contributed by atoms with Gasteiger partial charge in [0.05, 0.1) is 24.7 Å². The van der Waals surface area contributed by atoms with Gasteiger partial charge in [-0.2, -0.15) is 5.10 Å². The maximum absolute atomic E-state index is 13.1. The van der Waals surface area contributed by atoms with Gasteiger partial charge in [-0.3, -0.25) is 9.48 Å². The fourth-order valence-electron chi connectivity index (χ4n) is 3.94. The lowest BCUT2D eigenvalue weighted by molar-refractivity contribution is 0.102. The van der Waals surface area contributed by atoms with Gasteiger partial charge >= 0.3 is 0 Å². The lowest BCUT2D eigenvalue weighted by Gasteiger charge is -2.05. The number of benzene rings is 3. The number of carbonyl (C=O) groups is 1. The highest BCUT2D eigenvalue weighted by molar-refractivity contribution is 6.14. The van der Waals surface area contributed by atoms with Crippen LogP contribution in [0.5, 0.6) is 5.75 Å². The summed E-state index contributed by atoms with van der Waals surface area (Å²) in [4.78, 5) is 13.1. The van der Waals surface area contributed by atoms with E-state index in [-0.39, 0.29) is 5.91 Å². The molecule has 2 aromatic heterocycles. The molecule has 0 saturated heterocycles. The highest BCUT2D eigenvalue weighted by Crippen LogP contribution is 2.26. The lowest BCUT2D eigenvalue weighted by Crippen LogP contribution is -2.12. The van der Waals surface area contributed by atoms with Crippen LogP contribution in [0.2, 0.25) is 0 Å². The second-order valence-corrected chi connectivity index (χ2v) is 7.50. The number of nitrogens with one attached hydrogen (secondary N) is 1. The molecule has 1 amide bonds. The summed E-state index contributed by atoms with van der Waals surface area (Å²) in [6, 6.07) is 23.7. The van der Waals surface area contributed by atoms with E-state index in [1.165, 1.54) is 0 Å². The minimum Gasteiger partial charge on any atom is -0.497 e. The van der Waals surface area contributed by atoms with Crippen LogP contribution < -0.4 is 10.1 Å². The van der Waals surface area contributed by atoms with E-state index in [0.29, 0.717) is 17.9 Å². The van der Waals surface area contributed by atoms with Crippen molar-refractivity contribution >= 4 is 33.5 Å². The number of nitrogens with zero attached hydrogens (tertiary/aromatic N) is 3. The molecule has 1 N–H and O–H groups in total. The Morgan fingerprint density at radius 1 is 0.935 bits per heavy atom. The topological polar surface area (TPSA) is 61.1 Å². The number of aromatic nitrogens is 3. The fourth-order valence-corrected chi connectivity index (χ4v) is 3.94. The van der Waals surface area contributed by atoms with Crippen LogP contribution in [0.3, 0.4) is 0 Å². The van der Waals surface area contributed by atoms with Crippen LogP contribution in [-0.4, -0.2) is 27.4 Å². The van der Waals surface area contributed by atoms with Crippen molar-refractivity contribution in [2.24, 2.45) is 7.05 Å². The van der Waals surface area contributed by atoms with Crippen molar-refractivity contribution in [2.75, 3.05) is 12.4 Å². The highest BCUT2D eigenvalue weighted by Gasteiger charge is 2.17. The van der Waals surface area contributed by atoms with Gasteiger partial charge in [-0.1, -0.05) is 42.5 Å². The third-order valence-corrected chi connectivity index (χ3v) is 5.52. The number of hydrogen-bond donors (Lipinski definition) is 1. The van der Waals surface area contributed by atoms with Crippen molar-refractivity contribution < 1.29 is 9.53 Å². The molecule has 0 aliphatic rings. The van der Waals surface area contributed by atoms with Gasteiger partial charge in [0, 0.05) is 29.5 Å². The third-order valence-electron chi connectivity index (χ3n) is 5.52. The van der Waals surface area contributed by atoms with Gasteiger partial charge in [0.1, 0.15) is 5.75 Å². The summed E-state index contributed by atoms with van der Waals surface area (Å²) in [6.45, 7) is 0.592. The molecule has 0 atom stereocenters. The zero-order valence-corrected chi connectivity index (χ0v) is 17.4. The molecule has 0 aliphatic carbocycles. The monoisotopic (exact) mass is 410 g/mol.